The lowest BCUT2D eigenvalue weighted by molar-refractivity contribution is 0.0873. The zero-order valence-corrected chi connectivity index (χ0v) is 13.8. The van der Waals surface area contributed by atoms with E-state index in [-0.39, 0.29) is 18.7 Å². The number of amides is 2. The van der Waals surface area contributed by atoms with Crippen molar-refractivity contribution in [3.63, 3.8) is 0 Å². The predicted octanol–water partition coefficient (Wildman–Crippen LogP) is 2.04. The Morgan fingerprint density at radius 2 is 2.48 bits per heavy atom. The summed E-state index contributed by atoms with van der Waals surface area (Å²) < 4.78 is 10.7. The maximum Gasteiger partial charge on any atom is 0.317 e. The highest BCUT2D eigenvalue weighted by Crippen LogP contribution is 2.14. The molecule has 124 valence electrons. The summed E-state index contributed by atoms with van der Waals surface area (Å²) in [4.78, 5) is 19.1. The van der Waals surface area contributed by atoms with Crippen LogP contribution in [-0.2, 0) is 17.7 Å². The first-order chi connectivity index (χ1) is 11.2. The number of hydrogen-bond acceptors (Lipinski definition) is 6. The van der Waals surface area contributed by atoms with Crippen LogP contribution in [-0.4, -0.2) is 47.4 Å². The Bertz CT molecular complexity index is 622. The van der Waals surface area contributed by atoms with Gasteiger partial charge in [0.2, 0.25) is 5.89 Å². The minimum Gasteiger partial charge on any atom is -0.376 e. The molecule has 1 aliphatic rings. The molecule has 8 heteroatoms. The summed E-state index contributed by atoms with van der Waals surface area (Å²) in [6.45, 7) is 1.61. The molecule has 1 N–H and O–H groups in total. The summed E-state index contributed by atoms with van der Waals surface area (Å²) in [5, 5.41) is 8.73. The maximum absolute atomic E-state index is 12.0. The van der Waals surface area contributed by atoms with Crippen molar-refractivity contribution in [3.05, 3.63) is 34.1 Å². The summed E-state index contributed by atoms with van der Waals surface area (Å²) in [6, 6.07) is 3.85. The largest absolute Gasteiger partial charge is 0.376 e. The summed E-state index contributed by atoms with van der Waals surface area (Å²) in [5.74, 6) is 1.04. The van der Waals surface area contributed by atoms with Crippen molar-refractivity contribution in [2.75, 3.05) is 20.2 Å². The topological polar surface area (TPSA) is 80.5 Å². The first-order valence-electron chi connectivity index (χ1n) is 7.65. The van der Waals surface area contributed by atoms with E-state index in [1.165, 1.54) is 4.88 Å². The van der Waals surface area contributed by atoms with Crippen molar-refractivity contribution in [1.29, 1.82) is 0 Å². The zero-order valence-electron chi connectivity index (χ0n) is 13.0. The van der Waals surface area contributed by atoms with Crippen LogP contribution in [0, 0.1) is 0 Å². The molecule has 3 heterocycles. The summed E-state index contributed by atoms with van der Waals surface area (Å²) >= 11 is 1.65. The Morgan fingerprint density at radius 1 is 1.57 bits per heavy atom. The molecule has 0 radical (unpaired) electrons. The van der Waals surface area contributed by atoms with Gasteiger partial charge in [-0.2, -0.15) is 4.98 Å². The Labute approximate surface area is 138 Å². The summed E-state index contributed by atoms with van der Waals surface area (Å²) in [7, 11) is 1.76. The molecule has 23 heavy (non-hydrogen) atoms. The molecule has 1 atom stereocenters. The molecule has 1 aliphatic heterocycles. The molecule has 0 aromatic carbocycles. The third kappa shape index (κ3) is 4.52. The summed E-state index contributed by atoms with van der Waals surface area (Å²) in [5.41, 5.74) is 0. The van der Waals surface area contributed by atoms with Gasteiger partial charge in [-0.3, -0.25) is 0 Å². The van der Waals surface area contributed by atoms with Gasteiger partial charge in [-0.1, -0.05) is 11.2 Å². The minimum atomic E-state index is -0.168. The monoisotopic (exact) mass is 336 g/mol. The number of hydrogen-bond donors (Lipinski definition) is 1. The van der Waals surface area contributed by atoms with E-state index in [1.54, 1.807) is 23.3 Å². The number of ether oxygens (including phenoxy) is 1. The van der Waals surface area contributed by atoms with Gasteiger partial charge in [0.15, 0.2) is 5.82 Å². The zero-order chi connectivity index (χ0) is 16.1. The molecule has 0 unspecified atom stereocenters. The highest BCUT2D eigenvalue weighted by molar-refractivity contribution is 7.09. The Hall–Kier alpha value is -1.93. The van der Waals surface area contributed by atoms with Crippen LogP contribution in [0.5, 0.6) is 0 Å². The Balaban J connectivity index is 1.44. The number of carbonyl (C=O) groups is 1. The van der Waals surface area contributed by atoms with Gasteiger partial charge >= 0.3 is 6.03 Å². The lowest BCUT2D eigenvalue weighted by Crippen LogP contribution is -2.40. The molecule has 1 saturated heterocycles. The number of likely N-dealkylation sites (N-methyl/N-ethyl adjacent to an activating group) is 1. The molecule has 1 fully saturated rings. The Morgan fingerprint density at radius 3 is 3.22 bits per heavy atom. The number of nitrogens with one attached hydrogen (secondary N) is 1. The van der Waals surface area contributed by atoms with E-state index >= 15 is 0 Å². The maximum atomic E-state index is 12.0. The van der Waals surface area contributed by atoms with Crippen molar-refractivity contribution in [1.82, 2.24) is 20.4 Å². The van der Waals surface area contributed by atoms with Crippen LogP contribution in [0.15, 0.2) is 22.0 Å². The molecule has 2 aromatic heterocycles. The molecule has 0 saturated carbocycles. The highest BCUT2D eigenvalue weighted by atomic mass is 32.1. The van der Waals surface area contributed by atoms with Crippen molar-refractivity contribution in [2.24, 2.45) is 0 Å². The van der Waals surface area contributed by atoms with Crippen molar-refractivity contribution >= 4 is 17.4 Å². The number of nitrogens with zero attached hydrogens (tertiary/aromatic N) is 3. The molecule has 7 nitrogen and oxygen atoms in total. The average Bonchev–Trinajstić information content (AvgIpc) is 3.28. The minimum absolute atomic E-state index is 0.145. The second kappa shape index (κ2) is 7.56. The van der Waals surface area contributed by atoms with Gasteiger partial charge in [-0.15, -0.1) is 11.3 Å². The molecule has 3 rings (SSSR count). The van der Waals surface area contributed by atoms with Crippen LogP contribution in [0.2, 0.25) is 0 Å². The van der Waals surface area contributed by atoms with Gasteiger partial charge in [0.05, 0.1) is 12.6 Å². The normalized spacial score (nSPS) is 17.3. The number of thiophene rings is 1. The van der Waals surface area contributed by atoms with E-state index in [0.29, 0.717) is 24.7 Å². The molecule has 0 aliphatic carbocycles. The lowest BCUT2D eigenvalue weighted by atomic mass is 10.2. The molecular weight excluding hydrogens is 316 g/mol. The van der Waals surface area contributed by atoms with Crippen LogP contribution in [0.25, 0.3) is 0 Å². The van der Waals surface area contributed by atoms with Gasteiger partial charge in [0.1, 0.15) is 0 Å². The first kappa shape index (κ1) is 15.9. The van der Waals surface area contributed by atoms with Crippen molar-refractivity contribution < 1.29 is 14.1 Å². The van der Waals surface area contributed by atoms with Gasteiger partial charge in [-0.05, 0) is 24.3 Å². The fourth-order valence-corrected chi connectivity index (χ4v) is 3.17. The second-order valence-electron chi connectivity index (χ2n) is 5.53. The van der Waals surface area contributed by atoms with Crippen LogP contribution in [0.4, 0.5) is 4.79 Å². The highest BCUT2D eigenvalue weighted by Gasteiger charge is 2.20. The Kier molecular flexibility index (Phi) is 5.24. The molecule has 2 aromatic rings. The van der Waals surface area contributed by atoms with Crippen LogP contribution < -0.4 is 5.32 Å². The smallest absolute Gasteiger partial charge is 0.317 e. The predicted molar refractivity (Wildman–Crippen MR) is 85.3 cm³/mol. The number of urea groups is 1. The second-order valence-corrected chi connectivity index (χ2v) is 6.57. The number of rotatable bonds is 6. The number of aromatic nitrogens is 2. The van der Waals surface area contributed by atoms with E-state index in [4.69, 9.17) is 9.26 Å². The van der Waals surface area contributed by atoms with Gasteiger partial charge < -0.3 is 19.5 Å². The average molecular weight is 336 g/mol. The fraction of sp³-hybridized carbons (Fsp3) is 0.533. The van der Waals surface area contributed by atoms with E-state index < -0.39 is 0 Å². The van der Waals surface area contributed by atoms with Crippen LogP contribution >= 0.6 is 11.3 Å². The molecule has 2 amide bonds. The quantitative estimate of drug-likeness (QED) is 0.873. The third-order valence-corrected chi connectivity index (χ3v) is 4.54. The third-order valence-electron chi connectivity index (χ3n) is 3.66. The lowest BCUT2D eigenvalue weighted by Gasteiger charge is -2.20. The fourth-order valence-electron chi connectivity index (χ4n) is 2.47. The number of carbonyl (C=O) groups excluding carboxylic acids is 1. The molecular formula is C15H20N4O3S. The SMILES string of the molecule is CN(C[C@@H]1CCCO1)C(=O)NCc1nc(Cc2cccs2)no1. The van der Waals surface area contributed by atoms with E-state index in [9.17, 15) is 4.79 Å². The molecule has 0 bridgehead atoms. The van der Waals surface area contributed by atoms with Gasteiger partial charge in [0.25, 0.3) is 0 Å². The van der Waals surface area contributed by atoms with Crippen LogP contribution in [0.1, 0.15) is 29.4 Å². The van der Waals surface area contributed by atoms with Crippen molar-refractivity contribution in [3.8, 4) is 0 Å². The van der Waals surface area contributed by atoms with Crippen molar-refractivity contribution in [2.45, 2.75) is 31.9 Å². The standard InChI is InChI=1S/C15H20N4O3S/c1-19(10-11-4-2-6-21-11)15(20)16-9-14-17-13(18-22-14)8-12-5-3-7-23-12/h3,5,7,11H,2,4,6,8-10H2,1H3,(H,16,20)/t11-/m0/s1. The summed E-state index contributed by atoms with van der Waals surface area (Å²) in [6.07, 6.45) is 2.86. The van der Waals surface area contributed by atoms with Gasteiger partial charge in [0, 0.05) is 31.5 Å². The van der Waals surface area contributed by atoms with E-state index in [2.05, 4.69) is 15.5 Å². The van der Waals surface area contributed by atoms with E-state index in [0.717, 1.165) is 19.4 Å². The van der Waals surface area contributed by atoms with E-state index in [1.807, 2.05) is 17.5 Å². The molecule has 0 spiro atoms. The van der Waals surface area contributed by atoms with Crippen LogP contribution in [0.3, 0.4) is 0 Å². The van der Waals surface area contributed by atoms with Gasteiger partial charge in [-0.25, -0.2) is 4.79 Å². The first-order valence-corrected chi connectivity index (χ1v) is 8.53.